The van der Waals surface area contributed by atoms with Crippen LogP contribution in [0.5, 0.6) is 0 Å². The first-order chi connectivity index (χ1) is 10.1. The third-order valence-corrected chi connectivity index (χ3v) is 4.41. The molecule has 3 nitrogen and oxygen atoms in total. The second-order valence-electron chi connectivity index (χ2n) is 6.93. The van der Waals surface area contributed by atoms with Crippen LogP contribution in [0.15, 0.2) is 10.5 Å². The molecule has 0 bridgehead atoms. The van der Waals surface area contributed by atoms with Gasteiger partial charge in [0.25, 0.3) is 0 Å². The first-order valence-electron chi connectivity index (χ1n) is 8.46. The van der Waals surface area contributed by atoms with Crippen molar-refractivity contribution in [1.29, 1.82) is 0 Å². The monoisotopic (exact) mass is 293 g/mol. The van der Waals surface area contributed by atoms with Gasteiger partial charge in [0.05, 0.1) is 19.3 Å². The van der Waals surface area contributed by atoms with Gasteiger partial charge < -0.3 is 14.5 Å². The van der Waals surface area contributed by atoms with Crippen molar-refractivity contribution in [3.05, 3.63) is 23.2 Å². The Morgan fingerprint density at radius 3 is 2.81 bits per heavy atom. The summed E-state index contributed by atoms with van der Waals surface area (Å²) in [4.78, 5) is 0. The standard InChI is InChI=1S/C18H31NO2/c1-13(2)10-19-11-17-9-16(15(4)21-17)12-20-18-8-6-5-7-14(18)3/h9,13-14,18-19H,5-8,10-12H2,1-4H3. The van der Waals surface area contributed by atoms with Crippen molar-refractivity contribution in [2.75, 3.05) is 6.54 Å². The van der Waals surface area contributed by atoms with E-state index >= 15 is 0 Å². The molecular formula is C18H31NO2. The summed E-state index contributed by atoms with van der Waals surface area (Å²) in [7, 11) is 0. The van der Waals surface area contributed by atoms with E-state index in [1.54, 1.807) is 0 Å². The van der Waals surface area contributed by atoms with Crippen molar-refractivity contribution >= 4 is 0 Å². The third kappa shape index (κ3) is 5.15. The molecule has 2 rings (SSSR count). The number of furan rings is 1. The molecule has 1 aliphatic carbocycles. The summed E-state index contributed by atoms with van der Waals surface area (Å²) in [5, 5.41) is 3.42. The lowest BCUT2D eigenvalue weighted by atomic mass is 9.88. The van der Waals surface area contributed by atoms with Gasteiger partial charge in [-0.3, -0.25) is 0 Å². The van der Waals surface area contributed by atoms with Gasteiger partial charge in [-0.2, -0.15) is 0 Å². The SMILES string of the molecule is Cc1oc(CNCC(C)C)cc1COC1CCCCC1C. The van der Waals surface area contributed by atoms with E-state index in [2.05, 4.69) is 32.2 Å². The van der Waals surface area contributed by atoms with E-state index in [-0.39, 0.29) is 0 Å². The zero-order valence-corrected chi connectivity index (χ0v) is 14.1. The molecule has 2 unspecified atom stereocenters. The normalized spacial score (nSPS) is 22.9. The Labute approximate surface area is 129 Å². The Morgan fingerprint density at radius 1 is 1.33 bits per heavy atom. The van der Waals surface area contributed by atoms with Crippen molar-refractivity contribution in [2.45, 2.75) is 72.6 Å². The predicted molar refractivity (Wildman–Crippen MR) is 86.2 cm³/mol. The number of ether oxygens (including phenoxy) is 1. The fourth-order valence-corrected chi connectivity index (χ4v) is 3.03. The van der Waals surface area contributed by atoms with Crippen LogP contribution in [0.2, 0.25) is 0 Å². The maximum Gasteiger partial charge on any atom is 0.118 e. The molecule has 0 radical (unpaired) electrons. The summed E-state index contributed by atoms with van der Waals surface area (Å²) in [6.45, 7) is 11.3. The Bertz CT molecular complexity index is 425. The zero-order chi connectivity index (χ0) is 15.2. The fourth-order valence-electron chi connectivity index (χ4n) is 3.03. The molecule has 21 heavy (non-hydrogen) atoms. The van der Waals surface area contributed by atoms with Crippen LogP contribution in [-0.4, -0.2) is 12.6 Å². The molecule has 1 saturated carbocycles. The molecule has 1 fully saturated rings. The Kier molecular flexibility index (Phi) is 6.31. The van der Waals surface area contributed by atoms with Gasteiger partial charge >= 0.3 is 0 Å². The molecule has 3 heteroatoms. The zero-order valence-electron chi connectivity index (χ0n) is 14.1. The van der Waals surface area contributed by atoms with Crippen molar-refractivity contribution in [1.82, 2.24) is 5.32 Å². The third-order valence-electron chi connectivity index (χ3n) is 4.41. The van der Waals surface area contributed by atoms with Gasteiger partial charge in [-0.15, -0.1) is 0 Å². The minimum atomic E-state index is 0.426. The lowest BCUT2D eigenvalue weighted by molar-refractivity contribution is -0.0158. The van der Waals surface area contributed by atoms with Crippen LogP contribution in [-0.2, 0) is 17.9 Å². The molecule has 0 spiro atoms. The molecule has 1 aliphatic rings. The number of hydrogen-bond acceptors (Lipinski definition) is 3. The average Bonchev–Trinajstić information content (AvgIpc) is 2.78. The molecule has 1 aromatic rings. The Morgan fingerprint density at radius 2 is 2.10 bits per heavy atom. The van der Waals surface area contributed by atoms with E-state index in [0.29, 0.717) is 24.5 Å². The van der Waals surface area contributed by atoms with Gasteiger partial charge in [-0.05, 0) is 44.2 Å². The van der Waals surface area contributed by atoms with Gasteiger partial charge in [0.15, 0.2) is 0 Å². The Hall–Kier alpha value is -0.800. The lowest BCUT2D eigenvalue weighted by Crippen LogP contribution is -2.25. The van der Waals surface area contributed by atoms with E-state index in [1.165, 1.54) is 31.2 Å². The van der Waals surface area contributed by atoms with Crippen LogP contribution in [0.4, 0.5) is 0 Å². The van der Waals surface area contributed by atoms with E-state index in [0.717, 1.165) is 24.6 Å². The molecular weight excluding hydrogens is 262 g/mol. The molecule has 0 saturated heterocycles. The van der Waals surface area contributed by atoms with Crippen molar-refractivity contribution < 1.29 is 9.15 Å². The summed E-state index contributed by atoms with van der Waals surface area (Å²) in [5.74, 6) is 3.37. The Balaban J connectivity index is 1.81. The molecule has 0 aliphatic heterocycles. The summed E-state index contributed by atoms with van der Waals surface area (Å²) < 4.78 is 12.0. The van der Waals surface area contributed by atoms with Crippen molar-refractivity contribution in [3.63, 3.8) is 0 Å². The number of aryl methyl sites for hydroxylation is 1. The number of nitrogens with one attached hydrogen (secondary N) is 1. The maximum atomic E-state index is 6.14. The van der Waals surface area contributed by atoms with Gasteiger partial charge in [-0.1, -0.05) is 33.6 Å². The molecule has 120 valence electrons. The minimum absolute atomic E-state index is 0.426. The van der Waals surface area contributed by atoms with E-state index in [1.807, 2.05) is 6.92 Å². The highest BCUT2D eigenvalue weighted by Crippen LogP contribution is 2.27. The lowest BCUT2D eigenvalue weighted by Gasteiger charge is -2.28. The van der Waals surface area contributed by atoms with Crippen LogP contribution in [0.25, 0.3) is 0 Å². The largest absolute Gasteiger partial charge is 0.465 e. The van der Waals surface area contributed by atoms with Crippen LogP contribution in [0, 0.1) is 18.8 Å². The summed E-state index contributed by atoms with van der Waals surface area (Å²) >= 11 is 0. The average molecular weight is 293 g/mol. The predicted octanol–water partition coefficient (Wildman–Crippen LogP) is 4.43. The van der Waals surface area contributed by atoms with E-state index < -0.39 is 0 Å². The second-order valence-corrected chi connectivity index (χ2v) is 6.93. The van der Waals surface area contributed by atoms with Gasteiger partial charge in [0, 0.05) is 5.56 Å². The molecule has 0 aromatic carbocycles. The fraction of sp³-hybridized carbons (Fsp3) is 0.778. The van der Waals surface area contributed by atoms with Gasteiger partial charge in [0.1, 0.15) is 11.5 Å². The summed E-state index contributed by atoms with van der Waals surface area (Å²) in [5.41, 5.74) is 1.20. The highest BCUT2D eigenvalue weighted by atomic mass is 16.5. The van der Waals surface area contributed by atoms with Crippen LogP contribution < -0.4 is 5.32 Å². The summed E-state index contributed by atoms with van der Waals surface area (Å²) in [6, 6.07) is 2.15. The van der Waals surface area contributed by atoms with Crippen LogP contribution in [0.1, 0.15) is 63.5 Å². The highest BCUT2D eigenvalue weighted by Gasteiger charge is 2.22. The first kappa shape index (κ1) is 16.6. The van der Waals surface area contributed by atoms with Crippen LogP contribution >= 0.6 is 0 Å². The second kappa shape index (κ2) is 8.00. The van der Waals surface area contributed by atoms with Crippen molar-refractivity contribution in [2.24, 2.45) is 11.8 Å². The molecule has 1 N–H and O–H groups in total. The summed E-state index contributed by atoms with van der Waals surface area (Å²) in [6.07, 6.45) is 5.61. The highest BCUT2D eigenvalue weighted by molar-refractivity contribution is 5.20. The number of hydrogen-bond donors (Lipinski definition) is 1. The topological polar surface area (TPSA) is 34.4 Å². The molecule has 1 heterocycles. The molecule has 1 aromatic heterocycles. The van der Waals surface area contributed by atoms with Gasteiger partial charge in [0.2, 0.25) is 0 Å². The quantitative estimate of drug-likeness (QED) is 0.807. The van der Waals surface area contributed by atoms with Crippen molar-refractivity contribution in [3.8, 4) is 0 Å². The smallest absolute Gasteiger partial charge is 0.118 e. The van der Waals surface area contributed by atoms with E-state index in [9.17, 15) is 0 Å². The first-order valence-corrected chi connectivity index (χ1v) is 8.46. The molecule has 2 atom stereocenters. The minimum Gasteiger partial charge on any atom is -0.465 e. The van der Waals surface area contributed by atoms with Crippen LogP contribution in [0.3, 0.4) is 0 Å². The number of rotatable bonds is 7. The van der Waals surface area contributed by atoms with E-state index in [4.69, 9.17) is 9.15 Å². The molecule has 0 amide bonds. The van der Waals surface area contributed by atoms with Gasteiger partial charge in [-0.25, -0.2) is 0 Å². The maximum absolute atomic E-state index is 6.14.